The number of benzene rings is 1. The van der Waals surface area contributed by atoms with Crippen molar-refractivity contribution in [2.45, 2.75) is 4.90 Å². The summed E-state index contributed by atoms with van der Waals surface area (Å²) in [6.07, 6.45) is 1.77. The summed E-state index contributed by atoms with van der Waals surface area (Å²) in [6.45, 7) is 0. The highest BCUT2D eigenvalue weighted by Gasteiger charge is 2.00. The number of nitriles is 1. The lowest BCUT2D eigenvalue weighted by Crippen LogP contribution is -2.12. The summed E-state index contributed by atoms with van der Waals surface area (Å²) in [5.74, 6) is -0.280. The van der Waals surface area contributed by atoms with Crippen LogP contribution in [0.4, 0.5) is 4.39 Å². The van der Waals surface area contributed by atoms with Crippen molar-refractivity contribution in [3.05, 3.63) is 30.1 Å². The predicted octanol–water partition coefficient (Wildman–Crippen LogP) is 1.97. The van der Waals surface area contributed by atoms with E-state index in [9.17, 15) is 4.39 Å². The number of nitrogens with zero attached hydrogens (tertiary/aromatic N) is 2. The van der Waals surface area contributed by atoms with E-state index in [1.807, 2.05) is 0 Å². The molecule has 3 nitrogen and oxygen atoms in total. The lowest BCUT2D eigenvalue weighted by molar-refractivity contribution is 0.626. The van der Waals surface area contributed by atoms with Crippen molar-refractivity contribution in [1.29, 1.82) is 5.26 Å². The second-order valence-electron chi connectivity index (χ2n) is 2.32. The van der Waals surface area contributed by atoms with E-state index in [2.05, 4.69) is 10.3 Å². The molecule has 1 aromatic rings. The molecule has 14 heavy (non-hydrogen) atoms. The van der Waals surface area contributed by atoms with Crippen LogP contribution in [0.5, 0.6) is 0 Å². The highest BCUT2D eigenvalue weighted by Crippen LogP contribution is 2.18. The molecule has 0 aliphatic heterocycles. The third kappa shape index (κ3) is 3.07. The van der Waals surface area contributed by atoms with Crippen LogP contribution in [0.1, 0.15) is 0 Å². The van der Waals surface area contributed by atoms with E-state index in [1.165, 1.54) is 23.9 Å². The molecule has 1 rings (SSSR count). The van der Waals surface area contributed by atoms with Crippen LogP contribution in [0.3, 0.4) is 0 Å². The smallest absolute Gasteiger partial charge is 0.183 e. The molecule has 0 radical (unpaired) electrons. The first-order valence-electron chi connectivity index (χ1n) is 3.81. The van der Waals surface area contributed by atoms with Crippen LogP contribution in [-0.4, -0.2) is 12.2 Å². The predicted molar refractivity (Wildman–Crippen MR) is 54.4 cm³/mol. The zero-order valence-corrected chi connectivity index (χ0v) is 8.31. The van der Waals surface area contributed by atoms with Crippen molar-refractivity contribution in [3.8, 4) is 6.19 Å². The lowest BCUT2D eigenvalue weighted by atomic mass is 10.4. The molecule has 0 amide bonds. The number of rotatable bonds is 1. The summed E-state index contributed by atoms with van der Waals surface area (Å²) in [6, 6.07) is 5.98. The largest absolute Gasteiger partial charge is 0.271 e. The highest BCUT2D eigenvalue weighted by molar-refractivity contribution is 8.13. The second kappa shape index (κ2) is 5.25. The van der Waals surface area contributed by atoms with Crippen molar-refractivity contribution >= 4 is 16.9 Å². The van der Waals surface area contributed by atoms with Gasteiger partial charge in [0, 0.05) is 11.9 Å². The highest BCUT2D eigenvalue weighted by atomic mass is 32.2. The Kier molecular flexibility index (Phi) is 3.95. The fourth-order valence-corrected chi connectivity index (χ4v) is 1.47. The number of halogens is 1. The van der Waals surface area contributed by atoms with Gasteiger partial charge in [0.2, 0.25) is 0 Å². The zero-order chi connectivity index (χ0) is 10.4. The van der Waals surface area contributed by atoms with Gasteiger partial charge in [-0.05, 0) is 24.3 Å². The molecule has 0 saturated carbocycles. The van der Waals surface area contributed by atoms with Gasteiger partial charge >= 0.3 is 0 Å². The fourth-order valence-electron chi connectivity index (χ4n) is 0.789. The Morgan fingerprint density at radius 3 is 2.64 bits per heavy atom. The number of hydrogen-bond acceptors (Lipinski definition) is 3. The summed E-state index contributed by atoms with van der Waals surface area (Å²) < 4.78 is 12.5. The maximum Gasteiger partial charge on any atom is 0.183 e. The van der Waals surface area contributed by atoms with Crippen LogP contribution < -0.4 is 5.32 Å². The van der Waals surface area contributed by atoms with Crippen LogP contribution in [0.15, 0.2) is 34.2 Å². The number of aliphatic imine (C=N–C) groups is 1. The minimum atomic E-state index is -0.280. The minimum absolute atomic E-state index is 0.280. The van der Waals surface area contributed by atoms with Gasteiger partial charge in [-0.25, -0.2) is 4.39 Å². The Morgan fingerprint density at radius 1 is 1.50 bits per heavy atom. The van der Waals surface area contributed by atoms with Gasteiger partial charge in [0.15, 0.2) is 11.4 Å². The fraction of sp³-hybridized carbons (Fsp3) is 0.111. The van der Waals surface area contributed by atoms with Crippen LogP contribution in [-0.2, 0) is 0 Å². The average molecular weight is 209 g/mol. The number of thioether (sulfide) groups is 1. The van der Waals surface area contributed by atoms with Gasteiger partial charge in [0.1, 0.15) is 5.82 Å². The van der Waals surface area contributed by atoms with Gasteiger partial charge in [-0.3, -0.25) is 10.3 Å². The molecule has 0 aliphatic carbocycles. The quantitative estimate of drug-likeness (QED) is 0.253. The molecule has 0 heterocycles. The van der Waals surface area contributed by atoms with Gasteiger partial charge in [-0.1, -0.05) is 11.8 Å². The maximum absolute atomic E-state index is 12.5. The third-order valence-electron chi connectivity index (χ3n) is 1.39. The monoisotopic (exact) mass is 209 g/mol. The van der Waals surface area contributed by atoms with Crippen molar-refractivity contribution in [3.63, 3.8) is 0 Å². The van der Waals surface area contributed by atoms with Gasteiger partial charge < -0.3 is 0 Å². The van der Waals surface area contributed by atoms with Crippen LogP contribution >= 0.6 is 11.8 Å². The molecule has 1 aromatic carbocycles. The van der Waals surface area contributed by atoms with Crippen LogP contribution in [0.2, 0.25) is 0 Å². The van der Waals surface area contributed by atoms with E-state index in [-0.39, 0.29) is 5.82 Å². The first-order valence-corrected chi connectivity index (χ1v) is 4.63. The molecular weight excluding hydrogens is 201 g/mol. The molecule has 0 spiro atoms. The van der Waals surface area contributed by atoms with Gasteiger partial charge in [0.05, 0.1) is 0 Å². The first kappa shape index (κ1) is 10.5. The van der Waals surface area contributed by atoms with E-state index < -0.39 is 0 Å². The molecule has 72 valence electrons. The van der Waals surface area contributed by atoms with E-state index in [0.717, 1.165) is 4.90 Å². The molecule has 1 N–H and O–H groups in total. The molecule has 0 aliphatic rings. The second-order valence-corrected chi connectivity index (χ2v) is 3.38. The number of nitrogens with one attached hydrogen (secondary N) is 1. The van der Waals surface area contributed by atoms with E-state index in [0.29, 0.717) is 5.17 Å². The molecule has 0 aromatic heterocycles. The molecular formula is C9H8FN3S. The SMILES string of the molecule is CN=C(NC#N)Sc1ccc(F)cc1. The topological polar surface area (TPSA) is 48.2 Å². The Labute approximate surface area is 85.7 Å². The molecule has 0 saturated heterocycles. The van der Waals surface area contributed by atoms with Crippen molar-refractivity contribution in [2.75, 3.05) is 7.05 Å². The molecule has 0 fully saturated rings. The van der Waals surface area contributed by atoms with Crippen LogP contribution in [0.25, 0.3) is 0 Å². The number of hydrogen-bond donors (Lipinski definition) is 1. The molecule has 0 bridgehead atoms. The zero-order valence-electron chi connectivity index (χ0n) is 7.49. The maximum atomic E-state index is 12.5. The Balaban J connectivity index is 2.69. The molecule has 0 atom stereocenters. The molecule has 5 heteroatoms. The Hall–Kier alpha value is -1.54. The van der Waals surface area contributed by atoms with E-state index in [4.69, 9.17) is 5.26 Å². The van der Waals surface area contributed by atoms with E-state index in [1.54, 1.807) is 25.4 Å². The summed E-state index contributed by atoms with van der Waals surface area (Å²) in [7, 11) is 1.58. The van der Waals surface area contributed by atoms with Gasteiger partial charge in [-0.2, -0.15) is 5.26 Å². The van der Waals surface area contributed by atoms with Crippen LogP contribution in [0, 0.1) is 17.3 Å². The standard InChI is InChI=1S/C9H8FN3S/c1-12-9(13-6-11)14-8-4-2-7(10)3-5-8/h2-5H,1H3,(H,12,13). The Bertz CT molecular complexity index is 367. The van der Waals surface area contributed by atoms with Gasteiger partial charge in [-0.15, -0.1) is 0 Å². The minimum Gasteiger partial charge on any atom is -0.271 e. The first-order chi connectivity index (χ1) is 6.76. The van der Waals surface area contributed by atoms with Gasteiger partial charge in [0.25, 0.3) is 0 Å². The van der Waals surface area contributed by atoms with Crippen molar-refractivity contribution in [2.24, 2.45) is 4.99 Å². The lowest BCUT2D eigenvalue weighted by Gasteiger charge is -2.01. The van der Waals surface area contributed by atoms with Crippen molar-refractivity contribution < 1.29 is 4.39 Å². The summed E-state index contributed by atoms with van der Waals surface area (Å²) in [4.78, 5) is 4.68. The molecule has 0 unspecified atom stereocenters. The summed E-state index contributed by atoms with van der Waals surface area (Å²) in [5.41, 5.74) is 0. The summed E-state index contributed by atoms with van der Waals surface area (Å²) in [5, 5.41) is 11.3. The van der Waals surface area contributed by atoms with Crippen molar-refractivity contribution in [1.82, 2.24) is 5.32 Å². The van der Waals surface area contributed by atoms with E-state index >= 15 is 0 Å². The number of amidine groups is 1. The normalized spacial score (nSPS) is 10.8. The summed E-state index contributed by atoms with van der Waals surface area (Å²) >= 11 is 1.27. The Morgan fingerprint density at radius 2 is 2.14 bits per heavy atom. The average Bonchev–Trinajstić information content (AvgIpc) is 2.20. The third-order valence-corrected chi connectivity index (χ3v) is 2.38.